The van der Waals surface area contributed by atoms with Crippen LogP contribution in [0.3, 0.4) is 0 Å². The zero-order valence-corrected chi connectivity index (χ0v) is 8.01. The minimum Gasteiger partial charge on any atom is -0.397 e. The van der Waals surface area contributed by atoms with E-state index in [0.717, 1.165) is 11.3 Å². The number of nitrogen functional groups attached to an aromatic ring is 1. The van der Waals surface area contributed by atoms with E-state index in [-0.39, 0.29) is 0 Å². The van der Waals surface area contributed by atoms with E-state index in [1.54, 1.807) is 24.4 Å². The molecule has 0 unspecified atom stereocenters. The summed E-state index contributed by atoms with van der Waals surface area (Å²) in [5.74, 6) is 0. The second-order valence-corrected chi connectivity index (χ2v) is 3.17. The first-order valence-electron chi connectivity index (χ1n) is 4.51. The van der Waals surface area contributed by atoms with Crippen molar-refractivity contribution >= 4 is 5.69 Å². The molecule has 0 aliphatic heterocycles. The van der Waals surface area contributed by atoms with Crippen molar-refractivity contribution in [2.75, 3.05) is 5.73 Å². The third-order valence-electron chi connectivity index (χ3n) is 2.10. The summed E-state index contributed by atoms with van der Waals surface area (Å²) in [7, 11) is 0. The van der Waals surface area contributed by atoms with Crippen LogP contribution in [0.15, 0.2) is 42.6 Å². The number of benzene rings is 1. The molecule has 0 spiro atoms. The monoisotopic (exact) mass is 195 g/mol. The highest BCUT2D eigenvalue weighted by atomic mass is 14.7. The van der Waals surface area contributed by atoms with Crippen molar-refractivity contribution in [3.8, 4) is 17.3 Å². The first kappa shape index (κ1) is 9.22. The van der Waals surface area contributed by atoms with E-state index < -0.39 is 0 Å². The number of pyridine rings is 1. The number of nitrogens with zero attached hydrogens (tertiary/aromatic N) is 2. The summed E-state index contributed by atoms with van der Waals surface area (Å²) >= 11 is 0. The van der Waals surface area contributed by atoms with Crippen molar-refractivity contribution < 1.29 is 0 Å². The summed E-state index contributed by atoms with van der Waals surface area (Å²) in [5, 5.41) is 8.65. The van der Waals surface area contributed by atoms with E-state index in [0.29, 0.717) is 11.3 Å². The smallest absolute Gasteiger partial charge is 0.0991 e. The van der Waals surface area contributed by atoms with Crippen molar-refractivity contribution in [1.82, 2.24) is 4.98 Å². The van der Waals surface area contributed by atoms with Gasteiger partial charge in [-0.2, -0.15) is 5.26 Å². The Balaban J connectivity index is 2.38. The molecule has 1 aromatic carbocycles. The highest BCUT2D eigenvalue weighted by Crippen LogP contribution is 2.17. The maximum atomic E-state index is 8.65. The molecule has 1 heterocycles. The molecule has 0 saturated carbocycles. The minimum absolute atomic E-state index is 0.646. The lowest BCUT2D eigenvalue weighted by atomic mass is 10.1. The molecule has 0 aliphatic carbocycles. The van der Waals surface area contributed by atoms with E-state index in [2.05, 4.69) is 11.1 Å². The number of aromatic nitrogens is 1. The van der Waals surface area contributed by atoms with Crippen LogP contribution >= 0.6 is 0 Å². The largest absolute Gasteiger partial charge is 0.397 e. The normalized spacial score (nSPS) is 9.53. The Hall–Kier alpha value is -2.34. The highest BCUT2D eigenvalue weighted by molar-refractivity contribution is 5.61. The fourth-order valence-electron chi connectivity index (χ4n) is 1.29. The van der Waals surface area contributed by atoms with Gasteiger partial charge in [-0.3, -0.25) is 4.98 Å². The molecule has 2 aromatic rings. The van der Waals surface area contributed by atoms with Gasteiger partial charge in [0.1, 0.15) is 0 Å². The van der Waals surface area contributed by atoms with Crippen molar-refractivity contribution in [2.24, 2.45) is 0 Å². The molecule has 0 saturated heterocycles. The highest BCUT2D eigenvalue weighted by Gasteiger charge is 1.98. The van der Waals surface area contributed by atoms with E-state index in [9.17, 15) is 0 Å². The molecule has 72 valence electrons. The number of anilines is 1. The van der Waals surface area contributed by atoms with Crippen LogP contribution in [0.5, 0.6) is 0 Å². The Bertz CT molecular complexity index is 492. The number of rotatable bonds is 1. The van der Waals surface area contributed by atoms with Gasteiger partial charge in [0.15, 0.2) is 0 Å². The number of hydrogen-bond donors (Lipinski definition) is 1. The Morgan fingerprint density at radius 1 is 1.07 bits per heavy atom. The van der Waals surface area contributed by atoms with Crippen LogP contribution in [0.1, 0.15) is 5.56 Å². The van der Waals surface area contributed by atoms with Gasteiger partial charge >= 0.3 is 0 Å². The molecule has 15 heavy (non-hydrogen) atoms. The lowest BCUT2D eigenvalue weighted by Gasteiger charge is -2.00. The van der Waals surface area contributed by atoms with Crippen LogP contribution in [0.25, 0.3) is 11.3 Å². The predicted molar refractivity (Wildman–Crippen MR) is 58.8 cm³/mol. The number of hydrogen-bond acceptors (Lipinski definition) is 3. The Morgan fingerprint density at radius 2 is 1.80 bits per heavy atom. The quantitative estimate of drug-likeness (QED) is 0.758. The Morgan fingerprint density at radius 3 is 2.33 bits per heavy atom. The molecule has 0 fully saturated rings. The summed E-state index contributed by atoms with van der Waals surface area (Å²) in [5.41, 5.74) is 8.67. The van der Waals surface area contributed by atoms with Crippen LogP contribution in [0, 0.1) is 11.3 Å². The Labute approximate surface area is 87.8 Å². The predicted octanol–water partition coefficient (Wildman–Crippen LogP) is 2.20. The van der Waals surface area contributed by atoms with Gasteiger partial charge < -0.3 is 5.73 Å². The summed E-state index contributed by atoms with van der Waals surface area (Å²) in [6.45, 7) is 0. The average Bonchev–Trinajstić information content (AvgIpc) is 2.30. The standard InChI is InChI=1S/C12H9N3/c13-7-9-1-3-10(4-2-9)12-6-5-11(14)8-15-12/h1-6,8H,14H2. The molecule has 0 radical (unpaired) electrons. The van der Waals surface area contributed by atoms with E-state index >= 15 is 0 Å². The van der Waals surface area contributed by atoms with Crippen molar-refractivity contribution in [3.63, 3.8) is 0 Å². The molecule has 0 atom stereocenters. The van der Waals surface area contributed by atoms with Crippen LogP contribution in [0.4, 0.5) is 5.69 Å². The number of nitrogens with two attached hydrogens (primary N) is 1. The van der Waals surface area contributed by atoms with Gasteiger partial charge in [-0.1, -0.05) is 12.1 Å². The van der Waals surface area contributed by atoms with Crippen molar-refractivity contribution in [1.29, 1.82) is 5.26 Å². The maximum Gasteiger partial charge on any atom is 0.0991 e. The zero-order valence-electron chi connectivity index (χ0n) is 8.01. The van der Waals surface area contributed by atoms with E-state index in [4.69, 9.17) is 11.0 Å². The maximum absolute atomic E-state index is 8.65. The topological polar surface area (TPSA) is 62.7 Å². The van der Waals surface area contributed by atoms with Gasteiger partial charge in [0.05, 0.1) is 29.2 Å². The fraction of sp³-hybridized carbons (Fsp3) is 0. The molecule has 3 nitrogen and oxygen atoms in total. The van der Waals surface area contributed by atoms with E-state index in [1.165, 1.54) is 0 Å². The van der Waals surface area contributed by atoms with Crippen molar-refractivity contribution in [2.45, 2.75) is 0 Å². The molecular weight excluding hydrogens is 186 g/mol. The molecule has 2 N–H and O–H groups in total. The molecule has 0 aliphatic rings. The van der Waals surface area contributed by atoms with Gasteiger partial charge in [0.2, 0.25) is 0 Å². The SMILES string of the molecule is N#Cc1ccc(-c2ccc(N)cn2)cc1. The van der Waals surface area contributed by atoms with Gasteiger partial charge in [0, 0.05) is 5.56 Å². The third-order valence-corrected chi connectivity index (χ3v) is 2.10. The molecule has 0 bridgehead atoms. The minimum atomic E-state index is 0.646. The lowest BCUT2D eigenvalue weighted by molar-refractivity contribution is 1.33. The van der Waals surface area contributed by atoms with Gasteiger partial charge in [-0.25, -0.2) is 0 Å². The zero-order chi connectivity index (χ0) is 10.7. The summed E-state index contributed by atoms with van der Waals surface area (Å²) in [4.78, 5) is 4.20. The van der Waals surface area contributed by atoms with Gasteiger partial charge in [-0.15, -0.1) is 0 Å². The summed E-state index contributed by atoms with van der Waals surface area (Å²) in [6.07, 6.45) is 1.62. The van der Waals surface area contributed by atoms with Gasteiger partial charge in [-0.05, 0) is 24.3 Å². The summed E-state index contributed by atoms with van der Waals surface area (Å²) < 4.78 is 0. The van der Waals surface area contributed by atoms with E-state index in [1.807, 2.05) is 18.2 Å². The molecule has 3 heteroatoms. The molecule has 1 aromatic heterocycles. The fourth-order valence-corrected chi connectivity index (χ4v) is 1.29. The molecule has 2 rings (SSSR count). The summed E-state index contributed by atoms with van der Waals surface area (Å²) in [6, 6.07) is 13.0. The second-order valence-electron chi connectivity index (χ2n) is 3.17. The Kier molecular flexibility index (Phi) is 2.34. The van der Waals surface area contributed by atoms with Crippen LogP contribution in [0.2, 0.25) is 0 Å². The first-order valence-corrected chi connectivity index (χ1v) is 4.51. The second kappa shape index (κ2) is 3.81. The molecule has 0 amide bonds. The van der Waals surface area contributed by atoms with Crippen LogP contribution < -0.4 is 5.73 Å². The van der Waals surface area contributed by atoms with Crippen LogP contribution in [-0.4, -0.2) is 4.98 Å². The first-order chi connectivity index (χ1) is 7.29. The lowest BCUT2D eigenvalue weighted by Crippen LogP contribution is -1.88. The third kappa shape index (κ3) is 1.94. The van der Waals surface area contributed by atoms with Gasteiger partial charge in [0.25, 0.3) is 0 Å². The molecular formula is C12H9N3. The number of nitriles is 1. The average molecular weight is 195 g/mol. The van der Waals surface area contributed by atoms with Crippen LogP contribution in [-0.2, 0) is 0 Å². The van der Waals surface area contributed by atoms with Crippen molar-refractivity contribution in [3.05, 3.63) is 48.2 Å².